The minimum absolute atomic E-state index is 0.0266. The van der Waals surface area contributed by atoms with Crippen LogP contribution >= 0.6 is 0 Å². The van der Waals surface area contributed by atoms with E-state index in [2.05, 4.69) is 0 Å². The molecule has 6 heteroatoms. The van der Waals surface area contributed by atoms with E-state index in [1.807, 2.05) is 6.07 Å². The van der Waals surface area contributed by atoms with Crippen LogP contribution in [0.3, 0.4) is 0 Å². The monoisotopic (exact) mass is 334 g/mol. The Morgan fingerprint density at radius 3 is 2.76 bits per heavy atom. The maximum absolute atomic E-state index is 12.4. The molecule has 0 saturated heterocycles. The van der Waals surface area contributed by atoms with Crippen molar-refractivity contribution < 1.29 is 19.1 Å². The second kappa shape index (κ2) is 6.97. The molecule has 124 valence electrons. The second-order valence-corrected chi connectivity index (χ2v) is 5.59. The van der Waals surface area contributed by atoms with Crippen LogP contribution < -0.4 is 0 Å². The fourth-order valence-electron chi connectivity index (χ4n) is 2.63. The Hall–Kier alpha value is -3.46. The van der Waals surface area contributed by atoms with Crippen molar-refractivity contribution in [1.29, 1.82) is 5.26 Å². The third kappa shape index (κ3) is 3.56. The summed E-state index contributed by atoms with van der Waals surface area (Å²) in [5, 5.41) is 8.85. The number of carbonyl (C=O) groups excluding carboxylic acids is 3. The number of amides is 2. The number of rotatable bonds is 4. The van der Waals surface area contributed by atoms with Gasteiger partial charge in [-0.25, -0.2) is 0 Å². The van der Waals surface area contributed by atoms with Crippen molar-refractivity contribution in [3.63, 3.8) is 0 Å². The van der Waals surface area contributed by atoms with Crippen molar-refractivity contribution >= 4 is 17.8 Å². The lowest BCUT2D eigenvalue weighted by atomic mass is 9.98. The quantitative estimate of drug-likeness (QED) is 0.629. The van der Waals surface area contributed by atoms with E-state index in [9.17, 15) is 14.4 Å². The first-order valence-corrected chi connectivity index (χ1v) is 7.66. The van der Waals surface area contributed by atoms with Crippen LogP contribution in [0.25, 0.3) is 0 Å². The van der Waals surface area contributed by atoms with E-state index < -0.39 is 24.3 Å². The van der Waals surface area contributed by atoms with Crippen LogP contribution in [-0.2, 0) is 27.4 Å². The van der Waals surface area contributed by atoms with Gasteiger partial charge in [0, 0.05) is 5.56 Å². The van der Waals surface area contributed by atoms with Gasteiger partial charge in [-0.2, -0.15) is 5.26 Å². The Labute approximate surface area is 144 Å². The molecule has 0 spiro atoms. The summed E-state index contributed by atoms with van der Waals surface area (Å²) in [6, 6.07) is 15.5. The average molecular weight is 334 g/mol. The average Bonchev–Trinajstić information content (AvgIpc) is 2.63. The van der Waals surface area contributed by atoms with Gasteiger partial charge in [-0.15, -0.1) is 0 Å². The van der Waals surface area contributed by atoms with Gasteiger partial charge in [0.05, 0.1) is 18.1 Å². The van der Waals surface area contributed by atoms with E-state index >= 15 is 0 Å². The normalized spacial score (nSPS) is 13.2. The molecular weight excluding hydrogens is 320 g/mol. The van der Waals surface area contributed by atoms with Crippen molar-refractivity contribution in [2.24, 2.45) is 0 Å². The number of nitriles is 1. The van der Waals surface area contributed by atoms with Crippen LogP contribution in [0.2, 0.25) is 0 Å². The molecule has 0 fully saturated rings. The molecule has 1 heterocycles. The smallest absolute Gasteiger partial charge is 0.326 e. The number of hydrogen-bond acceptors (Lipinski definition) is 5. The van der Waals surface area contributed by atoms with Gasteiger partial charge in [0.15, 0.2) is 0 Å². The molecule has 2 amide bonds. The van der Waals surface area contributed by atoms with Crippen LogP contribution in [0.1, 0.15) is 27.0 Å². The van der Waals surface area contributed by atoms with E-state index in [0.717, 1.165) is 4.90 Å². The zero-order chi connectivity index (χ0) is 17.8. The lowest BCUT2D eigenvalue weighted by Gasteiger charge is -2.25. The highest BCUT2D eigenvalue weighted by molar-refractivity contribution is 6.11. The van der Waals surface area contributed by atoms with E-state index in [4.69, 9.17) is 10.00 Å². The zero-order valence-corrected chi connectivity index (χ0v) is 13.3. The standard InChI is InChI=1S/C19H14N2O4/c20-10-13-4-3-5-14(8-13)12-25-18(23)11-21-17(22)9-15-6-1-2-7-16(15)19(21)24/h1-8H,9,11-12H2. The molecule has 0 atom stereocenters. The van der Waals surface area contributed by atoms with E-state index in [1.54, 1.807) is 48.5 Å². The van der Waals surface area contributed by atoms with E-state index in [0.29, 0.717) is 22.3 Å². The summed E-state index contributed by atoms with van der Waals surface area (Å²) in [6.07, 6.45) is 0.0827. The summed E-state index contributed by atoms with van der Waals surface area (Å²) in [5.41, 5.74) is 2.22. The molecule has 0 bridgehead atoms. The zero-order valence-electron chi connectivity index (χ0n) is 13.3. The van der Waals surface area contributed by atoms with Gasteiger partial charge in [0.25, 0.3) is 5.91 Å². The maximum Gasteiger partial charge on any atom is 0.326 e. The summed E-state index contributed by atoms with van der Waals surface area (Å²) in [6.45, 7) is -0.453. The Morgan fingerprint density at radius 1 is 1.16 bits per heavy atom. The first-order chi connectivity index (χ1) is 12.1. The molecule has 1 aliphatic heterocycles. The van der Waals surface area contributed by atoms with E-state index in [-0.39, 0.29) is 13.0 Å². The summed E-state index contributed by atoms with van der Waals surface area (Å²) in [4.78, 5) is 37.4. The minimum Gasteiger partial charge on any atom is -0.459 e. The lowest BCUT2D eigenvalue weighted by molar-refractivity contribution is -0.149. The van der Waals surface area contributed by atoms with Crippen LogP contribution in [0.15, 0.2) is 48.5 Å². The first kappa shape index (κ1) is 16.4. The van der Waals surface area contributed by atoms with Gasteiger partial charge >= 0.3 is 5.97 Å². The number of fused-ring (bicyclic) bond motifs is 1. The molecule has 0 unspecified atom stereocenters. The molecular formula is C19H14N2O4. The van der Waals surface area contributed by atoms with E-state index in [1.165, 1.54) is 0 Å². The molecule has 0 aromatic heterocycles. The van der Waals surface area contributed by atoms with Crippen LogP contribution in [0.4, 0.5) is 0 Å². The van der Waals surface area contributed by atoms with Crippen molar-refractivity contribution in [3.8, 4) is 6.07 Å². The number of carbonyl (C=O) groups is 3. The Kier molecular flexibility index (Phi) is 4.57. The Morgan fingerprint density at radius 2 is 1.96 bits per heavy atom. The summed E-state index contributed by atoms with van der Waals surface area (Å²) >= 11 is 0. The summed E-state index contributed by atoms with van der Waals surface area (Å²) in [7, 11) is 0. The number of imide groups is 1. The predicted octanol–water partition coefficient (Wildman–Crippen LogP) is 1.83. The first-order valence-electron chi connectivity index (χ1n) is 7.66. The molecule has 3 rings (SSSR count). The Bertz CT molecular complexity index is 898. The molecule has 6 nitrogen and oxygen atoms in total. The highest BCUT2D eigenvalue weighted by Gasteiger charge is 2.32. The van der Waals surface area contributed by atoms with Crippen LogP contribution in [0.5, 0.6) is 0 Å². The number of ether oxygens (including phenoxy) is 1. The highest BCUT2D eigenvalue weighted by atomic mass is 16.5. The number of hydrogen-bond donors (Lipinski definition) is 0. The largest absolute Gasteiger partial charge is 0.459 e. The van der Waals surface area contributed by atoms with Gasteiger partial charge in [-0.1, -0.05) is 30.3 Å². The molecule has 25 heavy (non-hydrogen) atoms. The molecule has 2 aromatic carbocycles. The third-order valence-corrected chi connectivity index (χ3v) is 3.88. The molecule has 0 radical (unpaired) electrons. The van der Waals surface area contributed by atoms with Crippen LogP contribution in [-0.4, -0.2) is 29.2 Å². The third-order valence-electron chi connectivity index (χ3n) is 3.88. The molecule has 1 aliphatic rings. The SMILES string of the molecule is N#Cc1cccc(COC(=O)CN2C(=O)Cc3ccccc3C2=O)c1. The molecule has 0 saturated carbocycles. The van der Waals surface area contributed by atoms with Crippen LogP contribution in [0, 0.1) is 11.3 Å². The maximum atomic E-state index is 12.4. The molecule has 2 aromatic rings. The fraction of sp³-hybridized carbons (Fsp3) is 0.158. The number of nitrogens with zero attached hydrogens (tertiary/aromatic N) is 2. The van der Waals surface area contributed by atoms with Gasteiger partial charge in [-0.3, -0.25) is 19.3 Å². The Balaban J connectivity index is 1.64. The minimum atomic E-state index is -0.677. The summed E-state index contributed by atoms with van der Waals surface area (Å²) in [5.74, 6) is -1.59. The predicted molar refractivity (Wildman–Crippen MR) is 87.1 cm³/mol. The van der Waals surface area contributed by atoms with Crippen molar-refractivity contribution in [1.82, 2.24) is 4.90 Å². The molecule has 0 aliphatic carbocycles. The van der Waals surface area contributed by atoms with Gasteiger partial charge < -0.3 is 4.74 Å². The number of benzene rings is 2. The van der Waals surface area contributed by atoms with Gasteiger partial charge in [-0.05, 0) is 29.3 Å². The highest BCUT2D eigenvalue weighted by Crippen LogP contribution is 2.19. The van der Waals surface area contributed by atoms with Crippen molar-refractivity contribution in [3.05, 3.63) is 70.8 Å². The second-order valence-electron chi connectivity index (χ2n) is 5.59. The topological polar surface area (TPSA) is 87.5 Å². The fourth-order valence-corrected chi connectivity index (χ4v) is 2.63. The molecule has 0 N–H and O–H groups in total. The van der Waals surface area contributed by atoms with Gasteiger partial charge in [0.1, 0.15) is 13.2 Å². The lowest BCUT2D eigenvalue weighted by Crippen LogP contribution is -2.45. The number of esters is 1. The van der Waals surface area contributed by atoms with Crippen molar-refractivity contribution in [2.45, 2.75) is 13.0 Å². The summed E-state index contributed by atoms with van der Waals surface area (Å²) < 4.78 is 5.12. The van der Waals surface area contributed by atoms with Gasteiger partial charge in [0.2, 0.25) is 5.91 Å². The van der Waals surface area contributed by atoms with Crippen molar-refractivity contribution in [2.75, 3.05) is 6.54 Å².